The first-order chi connectivity index (χ1) is 26.4. The van der Waals surface area contributed by atoms with Crippen LogP contribution in [0.15, 0.2) is 72.8 Å². The molecule has 0 unspecified atom stereocenters. The molecule has 304 valence electrons. The van der Waals surface area contributed by atoms with E-state index in [0.29, 0.717) is 30.2 Å². The standard InChI is InChI=1S/C41H57N7O8/c1-40(2,3)34(44-38(53)54)36(51)45-47(23-28-16-18-31(56-7)19-17-28)25-33(50)32(22-27-12-9-8-10-13-27)43-37(52)35(41(4,5)6)48-21-20-46(39(48)55)24-29-14-11-15-30(26-49)42-29/h8-19,32-35,44,49-50H,20-26H2,1-7H3,(H,43,52)(H,45,51)(H,53,54)/t32-,33-,34+,35+/m0/s1. The van der Waals surface area contributed by atoms with Gasteiger partial charge in [-0.15, -0.1) is 0 Å². The van der Waals surface area contributed by atoms with Crippen molar-refractivity contribution in [1.29, 1.82) is 0 Å². The van der Waals surface area contributed by atoms with E-state index in [1.54, 1.807) is 68.0 Å². The van der Waals surface area contributed by atoms with E-state index in [-0.39, 0.29) is 38.7 Å². The van der Waals surface area contributed by atoms with Crippen LogP contribution in [0.1, 0.15) is 64.1 Å². The topological polar surface area (TPSA) is 197 Å². The molecule has 2 heterocycles. The summed E-state index contributed by atoms with van der Waals surface area (Å²) in [5.74, 6) is -0.432. The van der Waals surface area contributed by atoms with E-state index in [1.165, 1.54) is 5.01 Å². The average Bonchev–Trinajstić information content (AvgIpc) is 3.47. The SMILES string of the molecule is COc1ccc(CN(C[C@H](O)[C@H](Cc2ccccc2)NC(=O)[C@@H](N2CCN(Cc3cccc(CO)n3)C2=O)C(C)(C)C)NC(=O)[C@@H](NC(=O)O)C(C)(C)C)cc1. The monoisotopic (exact) mass is 775 g/mol. The Morgan fingerprint density at radius 2 is 1.52 bits per heavy atom. The Balaban J connectivity index is 1.61. The number of rotatable bonds is 17. The van der Waals surface area contributed by atoms with Crippen LogP contribution in [-0.4, -0.2) is 110 Å². The summed E-state index contributed by atoms with van der Waals surface area (Å²) in [7, 11) is 1.55. The van der Waals surface area contributed by atoms with E-state index in [0.717, 1.165) is 11.1 Å². The number of ether oxygens (including phenoxy) is 1. The Bertz CT molecular complexity index is 1780. The van der Waals surface area contributed by atoms with Gasteiger partial charge in [0.05, 0.1) is 43.8 Å². The fourth-order valence-corrected chi connectivity index (χ4v) is 6.78. The number of nitrogens with zero attached hydrogens (tertiary/aromatic N) is 4. The molecular weight excluding hydrogens is 718 g/mol. The van der Waals surface area contributed by atoms with Crippen LogP contribution in [0.3, 0.4) is 0 Å². The number of methoxy groups -OCH3 is 1. The number of urea groups is 1. The zero-order valence-corrected chi connectivity index (χ0v) is 33.4. The maximum Gasteiger partial charge on any atom is 0.405 e. The lowest BCUT2D eigenvalue weighted by atomic mass is 9.84. The summed E-state index contributed by atoms with van der Waals surface area (Å²) in [6.07, 6.45) is -2.38. The van der Waals surface area contributed by atoms with E-state index in [4.69, 9.17) is 4.74 Å². The predicted octanol–water partition coefficient (Wildman–Crippen LogP) is 3.54. The van der Waals surface area contributed by atoms with Gasteiger partial charge < -0.3 is 40.5 Å². The van der Waals surface area contributed by atoms with E-state index < -0.39 is 53.0 Å². The predicted molar refractivity (Wildman–Crippen MR) is 210 cm³/mol. The fraction of sp³-hybridized carbons (Fsp3) is 0.488. The van der Waals surface area contributed by atoms with Crippen molar-refractivity contribution in [1.82, 2.24) is 35.9 Å². The Hall–Kier alpha value is -5.25. The Morgan fingerprint density at radius 1 is 0.857 bits per heavy atom. The van der Waals surface area contributed by atoms with Crippen LogP contribution >= 0.6 is 0 Å². The average molecular weight is 776 g/mol. The van der Waals surface area contributed by atoms with Gasteiger partial charge in [-0.25, -0.2) is 14.6 Å². The van der Waals surface area contributed by atoms with E-state index in [9.17, 15) is 34.5 Å². The Labute approximate surface area is 329 Å². The van der Waals surface area contributed by atoms with Crippen LogP contribution in [0, 0.1) is 10.8 Å². The van der Waals surface area contributed by atoms with E-state index in [1.807, 2.05) is 63.2 Å². The molecule has 0 spiro atoms. The summed E-state index contributed by atoms with van der Waals surface area (Å²) in [6.45, 7) is 11.5. The number of carbonyl (C=O) groups excluding carboxylic acids is 3. The summed E-state index contributed by atoms with van der Waals surface area (Å²) < 4.78 is 5.30. The number of benzene rings is 2. The Kier molecular flexibility index (Phi) is 14.8. The third kappa shape index (κ3) is 12.1. The number of hydrogen-bond acceptors (Lipinski definition) is 9. The quantitative estimate of drug-likeness (QED) is 0.110. The number of aromatic nitrogens is 1. The van der Waals surface area contributed by atoms with Gasteiger partial charge in [-0.3, -0.25) is 20.0 Å². The first-order valence-corrected chi connectivity index (χ1v) is 18.7. The van der Waals surface area contributed by atoms with E-state index in [2.05, 4.69) is 21.0 Å². The minimum Gasteiger partial charge on any atom is -0.497 e. The second-order valence-corrected chi connectivity index (χ2v) is 16.3. The van der Waals surface area contributed by atoms with Gasteiger partial charge in [0.25, 0.3) is 5.91 Å². The number of hydrazine groups is 1. The van der Waals surface area contributed by atoms with Gasteiger partial charge in [-0.2, -0.15) is 0 Å². The van der Waals surface area contributed by atoms with E-state index >= 15 is 0 Å². The molecular formula is C41H57N7O8. The highest BCUT2D eigenvalue weighted by Gasteiger charge is 2.44. The van der Waals surface area contributed by atoms with Crippen molar-refractivity contribution in [2.24, 2.45) is 10.8 Å². The van der Waals surface area contributed by atoms with Crippen molar-refractivity contribution in [3.05, 3.63) is 95.3 Å². The minimum atomic E-state index is -1.35. The van der Waals surface area contributed by atoms with Gasteiger partial charge in [-0.05, 0) is 52.6 Å². The number of nitrogens with one attached hydrogen (secondary N) is 3. The number of carbonyl (C=O) groups is 4. The van der Waals surface area contributed by atoms with Gasteiger partial charge in [-0.1, -0.05) is 90.1 Å². The van der Waals surface area contributed by atoms with Crippen molar-refractivity contribution in [2.75, 3.05) is 26.7 Å². The third-order valence-electron chi connectivity index (χ3n) is 9.58. The molecule has 1 aromatic heterocycles. The summed E-state index contributed by atoms with van der Waals surface area (Å²) in [5.41, 5.74) is 4.05. The van der Waals surface area contributed by atoms with Crippen molar-refractivity contribution < 1.29 is 39.2 Å². The minimum absolute atomic E-state index is 0.127. The number of aliphatic hydroxyl groups excluding tert-OH is 2. The smallest absolute Gasteiger partial charge is 0.405 e. The van der Waals surface area contributed by atoms with Crippen molar-refractivity contribution in [3.8, 4) is 5.75 Å². The fourth-order valence-electron chi connectivity index (χ4n) is 6.78. The van der Waals surface area contributed by atoms with Crippen molar-refractivity contribution in [2.45, 2.75) is 91.9 Å². The lowest BCUT2D eigenvalue weighted by molar-refractivity contribution is -0.133. The van der Waals surface area contributed by atoms with Crippen LogP contribution in [0.4, 0.5) is 9.59 Å². The molecule has 0 aliphatic carbocycles. The molecule has 15 heteroatoms. The first kappa shape index (κ1) is 43.5. The lowest BCUT2D eigenvalue weighted by Crippen LogP contribution is -2.61. The molecule has 0 bridgehead atoms. The number of pyridine rings is 1. The molecule has 6 N–H and O–H groups in total. The van der Waals surface area contributed by atoms with Crippen molar-refractivity contribution >= 4 is 23.9 Å². The number of aliphatic hydroxyl groups is 2. The van der Waals surface area contributed by atoms with Gasteiger partial charge in [0.15, 0.2) is 0 Å². The molecule has 56 heavy (non-hydrogen) atoms. The molecule has 4 rings (SSSR count). The molecule has 1 saturated heterocycles. The molecule has 15 nitrogen and oxygen atoms in total. The van der Waals surface area contributed by atoms with Gasteiger partial charge >= 0.3 is 12.1 Å². The van der Waals surface area contributed by atoms with Crippen molar-refractivity contribution in [3.63, 3.8) is 0 Å². The maximum absolute atomic E-state index is 14.5. The molecule has 1 fully saturated rings. The molecule has 3 aromatic rings. The normalized spacial score (nSPS) is 15.6. The van der Waals surface area contributed by atoms with Crippen LogP contribution in [0.25, 0.3) is 0 Å². The zero-order chi connectivity index (χ0) is 41.2. The second kappa shape index (κ2) is 19.1. The van der Waals surface area contributed by atoms with Gasteiger partial charge in [0.1, 0.15) is 17.8 Å². The highest BCUT2D eigenvalue weighted by Crippen LogP contribution is 2.29. The third-order valence-corrected chi connectivity index (χ3v) is 9.58. The molecule has 2 aromatic carbocycles. The number of carboxylic acid groups (broad SMARTS) is 1. The molecule has 4 atom stereocenters. The summed E-state index contributed by atoms with van der Waals surface area (Å²) >= 11 is 0. The summed E-state index contributed by atoms with van der Waals surface area (Å²) in [6, 6.07) is 18.5. The molecule has 1 aliphatic rings. The van der Waals surface area contributed by atoms with Crippen LogP contribution in [0.2, 0.25) is 0 Å². The zero-order valence-electron chi connectivity index (χ0n) is 33.4. The number of hydrogen-bond donors (Lipinski definition) is 6. The molecule has 1 aliphatic heterocycles. The van der Waals surface area contributed by atoms with Gasteiger partial charge in [0.2, 0.25) is 5.91 Å². The Morgan fingerprint density at radius 3 is 2.11 bits per heavy atom. The lowest BCUT2D eigenvalue weighted by Gasteiger charge is -2.38. The van der Waals surface area contributed by atoms with Crippen LogP contribution in [-0.2, 0) is 35.7 Å². The summed E-state index contributed by atoms with van der Waals surface area (Å²) in [4.78, 5) is 61.3. The molecule has 0 radical (unpaired) electrons. The number of amides is 5. The first-order valence-electron chi connectivity index (χ1n) is 18.7. The second-order valence-electron chi connectivity index (χ2n) is 16.3. The molecule has 5 amide bonds. The van der Waals surface area contributed by atoms with Crippen LogP contribution in [0.5, 0.6) is 5.75 Å². The highest BCUT2D eigenvalue weighted by molar-refractivity contribution is 5.89. The summed E-state index contributed by atoms with van der Waals surface area (Å²) in [5, 5.41) is 37.9. The maximum atomic E-state index is 14.5. The molecule has 0 saturated carbocycles. The highest BCUT2D eigenvalue weighted by atomic mass is 16.5. The van der Waals surface area contributed by atoms with Crippen LogP contribution < -0.4 is 20.8 Å². The van der Waals surface area contributed by atoms with Gasteiger partial charge in [0, 0.05) is 26.2 Å². The largest absolute Gasteiger partial charge is 0.497 e.